The van der Waals surface area contributed by atoms with Crippen molar-refractivity contribution in [3.63, 3.8) is 0 Å². The first-order valence-electron chi connectivity index (χ1n) is 12.7. The molecule has 1 amide bonds. The average Bonchev–Trinajstić information content (AvgIpc) is 3.38. The van der Waals surface area contributed by atoms with Crippen LogP contribution in [0.2, 0.25) is 0 Å². The molecule has 9 heteroatoms. The van der Waals surface area contributed by atoms with Crippen LogP contribution in [0.5, 0.6) is 5.75 Å². The Labute approximate surface area is 224 Å². The van der Waals surface area contributed by atoms with E-state index in [1.807, 2.05) is 36.4 Å². The molecule has 0 bridgehead atoms. The minimum Gasteiger partial charge on any atom is -0.497 e. The molecule has 2 aliphatic heterocycles. The lowest BCUT2D eigenvalue weighted by Gasteiger charge is -2.24. The van der Waals surface area contributed by atoms with E-state index >= 15 is 0 Å². The zero-order chi connectivity index (χ0) is 27.0. The molecule has 38 heavy (non-hydrogen) atoms. The zero-order valence-corrected chi connectivity index (χ0v) is 22.6. The first-order chi connectivity index (χ1) is 18.4. The second-order valence-electron chi connectivity index (χ2n) is 9.10. The lowest BCUT2D eigenvalue weighted by molar-refractivity contribution is -0.139. The summed E-state index contributed by atoms with van der Waals surface area (Å²) in [5.74, 6) is -0.0603. The molecule has 0 spiro atoms. The van der Waals surface area contributed by atoms with Gasteiger partial charge in [-0.3, -0.25) is 14.2 Å². The SMILES string of the molecule is CCCCN1C(=O)C(=c2sc3n(c2=O)[C@H](c2ccc(OC)cc2)C(C(=O)OCC)=C(C)N=3)c2ccccc21. The molecule has 0 fully saturated rings. The zero-order valence-electron chi connectivity index (χ0n) is 21.8. The van der Waals surface area contributed by atoms with Crippen molar-refractivity contribution in [3.8, 4) is 5.75 Å². The van der Waals surface area contributed by atoms with Gasteiger partial charge in [-0.05, 0) is 44.0 Å². The van der Waals surface area contributed by atoms with Crippen molar-refractivity contribution in [2.75, 3.05) is 25.2 Å². The van der Waals surface area contributed by atoms with E-state index in [-0.39, 0.29) is 18.1 Å². The topological polar surface area (TPSA) is 90.2 Å². The molecule has 8 nitrogen and oxygen atoms in total. The molecule has 0 unspecified atom stereocenters. The van der Waals surface area contributed by atoms with Gasteiger partial charge in [0.25, 0.3) is 11.5 Å². The van der Waals surface area contributed by atoms with Gasteiger partial charge in [0.2, 0.25) is 0 Å². The summed E-state index contributed by atoms with van der Waals surface area (Å²) in [4.78, 5) is 47.8. The molecule has 0 N–H and O–H groups in total. The summed E-state index contributed by atoms with van der Waals surface area (Å²) in [6.45, 7) is 6.33. The van der Waals surface area contributed by atoms with Crippen LogP contribution in [0.15, 0.2) is 69.6 Å². The third kappa shape index (κ3) is 4.16. The van der Waals surface area contributed by atoms with Crippen molar-refractivity contribution in [2.45, 2.75) is 39.7 Å². The van der Waals surface area contributed by atoms with Gasteiger partial charge in [-0.25, -0.2) is 9.79 Å². The number of para-hydroxylation sites is 1. The Morgan fingerprint density at radius 3 is 2.50 bits per heavy atom. The maximum atomic E-state index is 14.1. The second-order valence-corrected chi connectivity index (χ2v) is 10.1. The molecule has 0 aliphatic carbocycles. The van der Waals surface area contributed by atoms with Gasteiger partial charge in [0.15, 0.2) is 4.80 Å². The highest BCUT2D eigenvalue weighted by molar-refractivity contribution is 7.07. The van der Waals surface area contributed by atoms with Gasteiger partial charge in [0.05, 0.1) is 42.3 Å². The predicted octanol–water partition coefficient (Wildman–Crippen LogP) is 3.32. The first-order valence-corrected chi connectivity index (χ1v) is 13.5. The van der Waals surface area contributed by atoms with Crippen LogP contribution in [0, 0.1) is 0 Å². The number of carbonyl (C=O) groups excluding carboxylic acids is 2. The standard InChI is InChI=1S/C29H29N3O5S/c1-5-7-16-31-21-11-9-8-10-20(21)23(26(31)33)25-27(34)32-24(18-12-14-19(36-4)15-13-18)22(28(35)37-6-2)17(3)30-29(32)38-25/h8-15,24H,5-7,16H2,1-4H3/t24-/m1/s1. The van der Waals surface area contributed by atoms with Crippen LogP contribution >= 0.6 is 11.3 Å². The maximum absolute atomic E-state index is 14.1. The normalized spacial score (nSPS) is 17.7. The second kappa shape index (κ2) is 10.4. The molecule has 2 aromatic carbocycles. The van der Waals surface area contributed by atoms with E-state index in [1.54, 1.807) is 38.0 Å². The largest absolute Gasteiger partial charge is 0.497 e. The van der Waals surface area contributed by atoms with Crippen LogP contribution in [0.1, 0.15) is 50.8 Å². The van der Waals surface area contributed by atoms with Crippen molar-refractivity contribution in [2.24, 2.45) is 4.99 Å². The molecular formula is C29H29N3O5S. The number of hydrogen-bond acceptors (Lipinski definition) is 7. The third-order valence-electron chi connectivity index (χ3n) is 6.81. The fourth-order valence-electron chi connectivity index (χ4n) is 4.98. The van der Waals surface area contributed by atoms with Gasteiger partial charge in [0.1, 0.15) is 10.3 Å². The minimum atomic E-state index is -0.756. The van der Waals surface area contributed by atoms with Gasteiger partial charge in [-0.15, -0.1) is 0 Å². The number of methoxy groups -OCH3 is 1. The van der Waals surface area contributed by atoms with Crippen LogP contribution in [0.4, 0.5) is 5.69 Å². The van der Waals surface area contributed by atoms with E-state index in [0.717, 1.165) is 24.1 Å². The monoisotopic (exact) mass is 531 g/mol. The third-order valence-corrected chi connectivity index (χ3v) is 7.86. The van der Waals surface area contributed by atoms with Gasteiger partial charge in [0, 0.05) is 12.1 Å². The lowest BCUT2D eigenvalue weighted by atomic mass is 9.96. The number of allylic oxidation sites excluding steroid dienone is 1. The molecular weight excluding hydrogens is 502 g/mol. The quantitative estimate of drug-likeness (QED) is 0.437. The Hall–Kier alpha value is -3.98. The van der Waals surface area contributed by atoms with E-state index < -0.39 is 12.0 Å². The summed E-state index contributed by atoms with van der Waals surface area (Å²) in [6, 6.07) is 14.0. The molecule has 0 saturated carbocycles. The summed E-state index contributed by atoms with van der Waals surface area (Å²) in [7, 11) is 1.58. The Morgan fingerprint density at radius 2 is 1.82 bits per heavy atom. The molecule has 1 aromatic heterocycles. The number of esters is 1. The Kier molecular flexibility index (Phi) is 7.03. The van der Waals surface area contributed by atoms with Crippen LogP contribution in [-0.2, 0) is 14.3 Å². The number of benzene rings is 2. The first kappa shape index (κ1) is 25.7. The minimum absolute atomic E-state index is 0.188. The van der Waals surface area contributed by atoms with Crippen molar-refractivity contribution in [1.82, 2.24) is 4.57 Å². The highest BCUT2D eigenvalue weighted by atomic mass is 32.1. The summed E-state index contributed by atoms with van der Waals surface area (Å²) in [6.07, 6.45) is 1.80. The number of nitrogens with zero attached hydrogens (tertiary/aromatic N) is 3. The summed E-state index contributed by atoms with van der Waals surface area (Å²) < 4.78 is 12.5. The van der Waals surface area contributed by atoms with Gasteiger partial charge >= 0.3 is 5.97 Å². The smallest absolute Gasteiger partial charge is 0.338 e. The Bertz CT molecular complexity index is 1630. The number of amides is 1. The maximum Gasteiger partial charge on any atom is 0.338 e. The van der Waals surface area contributed by atoms with Crippen LogP contribution in [0.3, 0.4) is 0 Å². The molecule has 1 atom stereocenters. The van der Waals surface area contributed by atoms with Crippen molar-refractivity contribution >= 4 is 34.5 Å². The Balaban J connectivity index is 1.77. The summed E-state index contributed by atoms with van der Waals surface area (Å²) >= 11 is 1.18. The molecule has 3 heterocycles. The van der Waals surface area contributed by atoms with E-state index in [1.165, 1.54) is 15.9 Å². The summed E-state index contributed by atoms with van der Waals surface area (Å²) in [5, 5.41) is 0. The number of rotatable bonds is 7. The highest BCUT2D eigenvalue weighted by Gasteiger charge is 2.37. The predicted molar refractivity (Wildman–Crippen MR) is 146 cm³/mol. The number of carbonyl (C=O) groups is 2. The van der Waals surface area contributed by atoms with Crippen LogP contribution < -0.4 is 24.5 Å². The van der Waals surface area contributed by atoms with E-state index in [4.69, 9.17) is 9.47 Å². The molecule has 5 rings (SSSR count). The number of thiazole rings is 1. The average molecular weight is 532 g/mol. The van der Waals surface area contributed by atoms with E-state index in [0.29, 0.717) is 44.0 Å². The highest BCUT2D eigenvalue weighted by Crippen LogP contribution is 2.36. The van der Waals surface area contributed by atoms with Gasteiger partial charge < -0.3 is 14.4 Å². The van der Waals surface area contributed by atoms with Gasteiger partial charge in [-0.2, -0.15) is 0 Å². The molecule has 2 aliphatic rings. The van der Waals surface area contributed by atoms with E-state index in [2.05, 4.69) is 11.9 Å². The summed E-state index contributed by atoms with van der Waals surface area (Å²) in [5.41, 5.74) is 3.05. The molecule has 0 radical (unpaired) electrons. The van der Waals surface area contributed by atoms with Crippen LogP contribution in [-0.4, -0.2) is 36.7 Å². The molecule has 0 saturated heterocycles. The number of unbranched alkanes of at least 4 members (excludes halogenated alkanes) is 1. The number of ether oxygens (including phenoxy) is 2. The molecule has 3 aromatic rings. The number of anilines is 1. The fraction of sp³-hybridized carbons (Fsp3) is 0.310. The number of hydrogen-bond donors (Lipinski definition) is 0. The number of aromatic nitrogens is 1. The lowest BCUT2D eigenvalue weighted by Crippen LogP contribution is -2.41. The van der Waals surface area contributed by atoms with Crippen molar-refractivity contribution < 1.29 is 19.1 Å². The Morgan fingerprint density at radius 1 is 1.08 bits per heavy atom. The van der Waals surface area contributed by atoms with E-state index in [9.17, 15) is 14.4 Å². The fourth-order valence-corrected chi connectivity index (χ4v) is 6.12. The van der Waals surface area contributed by atoms with Crippen molar-refractivity contribution in [3.05, 3.63) is 90.6 Å². The van der Waals surface area contributed by atoms with Crippen LogP contribution in [0.25, 0.3) is 5.57 Å². The van der Waals surface area contributed by atoms with Gasteiger partial charge in [-0.1, -0.05) is 55.0 Å². The number of fused-ring (bicyclic) bond motifs is 2. The molecule has 196 valence electrons. The van der Waals surface area contributed by atoms with Crippen molar-refractivity contribution in [1.29, 1.82) is 0 Å².